The highest BCUT2D eigenvalue weighted by atomic mass is 127. The van der Waals surface area contributed by atoms with Crippen LogP contribution in [0.5, 0.6) is 0 Å². The predicted octanol–water partition coefficient (Wildman–Crippen LogP) is 3.63. The number of aromatic amines is 1. The van der Waals surface area contributed by atoms with Gasteiger partial charge >= 0.3 is 0 Å². The predicted molar refractivity (Wildman–Crippen MR) is 126 cm³/mol. The molecule has 27 heavy (non-hydrogen) atoms. The van der Waals surface area contributed by atoms with Crippen LogP contribution >= 0.6 is 24.0 Å². The normalized spacial score (nSPS) is 17.9. The Balaban J connectivity index is 0.00000261. The highest BCUT2D eigenvalue weighted by Crippen LogP contribution is 2.21. The van der Waals surface area contributed by atoms with E-state index in [-0.39, 0.29) is 24.0 Å². The number of nitrogens with one attached hydrogen (secondary N) is 2. The zero-order chi connectivity index (χ0) is 18.5. The molecule has 0 radical (unpaired) electrons. The molecule has 0 spiro atoms. The molecule has 2 heterocycles. The van der Waals surface area contributed by atoms with Crippen LogP contribution in [-0.4, -0.2) is 67.1 Å². The zero-order valence-electron chi connectivity index (χ0n) is 17.1. The number of likely N-dealkylation sites (N-methyl/N-ethyl adjacent to an activating group) is 2. The number of aromatic nitrogens is 1. The van der Waals surface area contributed by atoms with Crippen molar-refractivity contribution < 1.29 is 0 Å². The van der Waals surface area contributed by atoms with Crippen molar-refractivity contribution in [1.29, 1.82) is 0 Å². The molecule has 0 aliphatic carbocycles. The highest BCUT2D eigenvalue weighted by molar-refractivity contribution is 14.0. The SMILES string of the molecule is CCN1CCCC1CN(C)C(=NC)NCCc1c[nH]c2c(C)cccc12.I. The Hall–Kier alpha value is -1.28. The number of hydrogen-bond acceptors (Lipinski definition) is 2. The van der Waals surface area contributed by atoms with Crippen LogP contribution in [0.4, 0.5) is 0 Å². The van der Waals surface area contributed by atoms with Gasteiger partial charge in [0.15, 0.2) is 5.96 Å². The van der Waals surface area contributed by atoms with Gasteiger partial charge in [-0.3, -0.25) is 9.89 Å². The second kappa shape index (κ2) is 10.3. The number of guanidine groups is 1. The second-order valence-electron chi connectivity index (χ2n) is 7.34. The zero-order valence-corrected chi connectivity index (χ0v) is 19.4. The molecule has 6 heteroatoms. The summed E-state index contributed by atoms with van der Waals surface area (Å²) in [5.41, 5.74) is 3.92. The highest BCUT2D eigenvalue weighted by Gasteiger charge is 2.24. The van der Waals surface area contributed by atoms with E-state index >= 15 is 0 Å². The molecule has 0 saturated carbocycles. The minimum atomic E-state index is 0. The van der Waals surface area contributed by atoms with Crippen molar-refractivity contribution in [2.45, 2.75) is 39.2 Å². The molecule has 2 aromatic rings. The molecule has 0 bridgehead atoms. The van der Waals surface area contributed by atoms with E-state index in [4.69, 9.17) is 0 Å². The van der Waals surface area contributed by atoms with E-state index in [9.17, 15) is 0 Å². The number of aryl methyl sites for hydroxylation is 1. The molecule has 150 valence electrons. The van der Waals surface area contributed by atoms with E-state index in [2.05, 4.69) is 70.4 Å². The van der Waals surface area contributed by atoms with Gasteiger partial charge in [0.05, 0.1) is 0 Å². The van der Waals surface area contributed by atoms with E-state index in [1.807, 2.05) is 7.05 Å². The number of likely N-dealkylation sites (tertiary alicyclic amines) is 1. The van der Waals surface area contributed by atoms with Crippen LogP contribution in [0.3, 0.4) is 0 Å². The number of halogens is 1. The first-order valence-corrected chi connectivity index (χ1v) is 9.85. The third kappa shape index (κ3) is 5.16. The number of aliphatic imine (C=N–C) groups is 1. The molecule has 1 aliphatic rings. The number of para-hydroxylation sites is 1. The van der Waals surface area contributed by atoms with E-state index < -0.39 is 0 Å². The van der Waals surface area contributed by atoms with Gasteiger partial charge in [0, 0.05) is 50.3 Å². The topological polar surface area (TPSA) is 46.7 Å². The fraction of sp³-hybridized carbons (Fsp3) is 0.571. The maximum Gasteiger partial charge on any atom is 0.193 e. The maximum absolute atomic E-state index is 4.48. The molecule has 1 aromatic carbocycles. The van der Waals surface area contributed by atoms with Crippen molar-refractivity contribution in [2.75, 3.05) is 40.3 Å². The molecule has 3 rings (SSSR count). The summed E-state index contributed by atoms with van der Waals surface area (Å²) in [5.74, 6) is 0.990. The molecule has 5 nitrogen and oxygen atoms in total. The molecule has 0 amide bonds. The standard InChI is InChI=1S/C21H33N5.HI/c1-5-26-13-7-9-18(26)15-25(4)21(22-3)23-12-11-17-14-24-20-16(2)8-6-10-19(17)20;/h6,8,10,14,18,24H,5,7,9,11-13,15H2,1-4H3,(H,22,23);1H. The van der Waals surface area contributed by atoms with Gasteiger partial charge in [-0.05, 0) is 50.4 Å². The number of fused-ring (bicyclic) bond motifs is 1. The van der Waals surface area contributed by atoms with Crippen molar-refractivity contribution >= 4 is 40.8 Å². The second-order valence-corrected chi connectivity index (χ2v) is 7.34. The minimum absolute atomic E-state index is 0. The summed E-state index contributed by atoms with van der Waals surface area (Å²) in [6.45, 7) is 8.72. The Morgan fingerprint density at radius 3 is 2.96 bits per heavy atom. The number of nitrogens with zero attached hydrogens (tertiary/aromatic N) is 3. The summed E-state index contributed by atoms with van der Waals surface area (Å²) in [6, 6.07) is 7.14. The first-order chi connectivity index (χ1) is 12.6. The smallest absolute Gasteiger partial charge is 0.193 e. The fourth-order valence-electron chi connectivity index (χ4n) is 4.19. The monoisotopic (exact) mass is 483 g/mol. The summed E-state index contributed by atoms with van der Waals surface area (Å²) in [7, 11) is 4.02. The van der Waals surface area contributed by atoms with E-state index in [1.165, 1.54) is 41.4 Å². The van der Waals surface area contributed by atoms with Crippen molar-refractivity contribution in [3.63, 3.8) is 0 Å². The summed E-state index contributed by atoms with van der Waals surface area (Å²) in [5, 5.41) is 4.87. The van der Waals surface area contributed by atoms with E-state index in [0.29, 0.717) is 6.04 Å². The molecule has 1 unspecified atom stereocenters. The van der Waals surface area contributed by atoms with Crippen molar-refractivity contribution in [2.24, 2.45) is 4.99 Å². The lowest BCUT2D eigenvalue weighted by atomic mass is 10.1. The first kappa shape index (κ1) is 22.0. The molecule has 1 saturated heterocycles. The molecule has 1 aliphatic heterocycles. The van der Waals surface area contributed by atoms with Gasteiger partial charge in [-0.25, -0.2) is 0 Å². The van der Waals surface area contributed by atoms with Crippen LogP contribution in [-0.2, 0) is 6.42 Å². The summed E-state index contributed by atoms with van der Waals surface area (Å²) < 4.78 is 0. The Morgan fingerprint density at radius 1 is 1.41 bits per heavy atom. The van der Waals surface area contributed by atoms with Crippen LogP contribution in [0.2, 0.25) is 0 Å². The maximum atomic E-state index is 4.48. The van der Waals surface area contributed by atoms with E-state index in [1.54, 1.807) is 0 Å². The van der Waals surface area contributed by atoms with Gasteiger partial charge < -0.3 is 15.2 Å². The van der Waals surface area contributed by atoms with Crippen LogP contribution in [0, 0.1) is 6.92 Å². The Kier molecular flexibility index (Phi) is 8.41. The number of rotatable bonds is 6. The molecule has 1 fully saturated rings. The van der Waals surface area contributed by atoms with Gasteiger partial charge in [-0.15, -0.1) is 24.0 Å². The molecular weight excluding hydrogens is 449 g/mol. The summed E-state index contributed by atoms with van der Waals surface area (Å²) in [4.78, 5) is 12.8. The minimum Gasteiger partial charge on any atom is -0.361 e. The summed E-state index contributed by atoms with van der Waals surface area (Å²) >= 11 is 0. The summed E-state index contributed by atoms with van der Waals surface area (Å²) in [6.07, 6.45) is 5.74. The Morgan fingerprint density at radius 2 is 2.22 bits per heavy atom. The lowest BCUT2D eigenvalue weighted by molar-refractivity contribution is 0.233. The van der Waals surface area contributed by atoms with Crippen LogP contribution in [0.1, 0.15) is 30.9 Å². The van der Waals surface area contributed by atoms with Gasteiger partial charge in [0.2, 0.25) is 0 Å². The molecular formula is C21H34IN5. The van der Waals surface area contributed by atoms with Crippen LogP contribution in [0.25, 0.3) is 10.9 Å². The van der Waals surface area contributed by atoms with Crippen LogP contribution in [0.15, 0.2) is 29.4 Å². The Labute approximate surface area is 180 Å². The quantitative estimate of drug-likeness (QED) is 0.375. The average Bonchev–Trinajstić information content (AvgIpc) is 3.26. The van der Waals surface area contributed by atoms with Crippen LogP contribution < -0.4 is 5.32 Å². The van der Waals surface area contributed by atoms with Gasteiger partial charge in [-0.1, -0.05) is 25.1 Å². The average molecular weight is 483 g/mol. The number of H-pyrrole nitrogens is 1. The number of hydrogen-bond donors (Lipinski definition) is 2. The van der Waals surface area contributed by atoms with Crippen molar-refractivity contribution in [3.8, 4) is 0 Å². The number of benzene rings is 1. The fourth-order valence-corrected chi connectivity index (χ4v) is 4.19. The van der Waals surface area contributed by atoms with Gasteiger partial charge in [0.1, 0.15) is 0 Å². The third-order valence-electron chi connectivity index (χ3n) is 5.65. The molecule has 1 aromatic heterocycles. The van der Waals surface area contributed by atoms with E-state index in [0.717, 1.165) is 32.0 Å². The Bertz CT molecular complexity index is 754. The lowest BCUT2D eigenvalue weighted by Crippen LogP contribution is -2.46. The molecule has 2 N–H and O–H groups in total. The first-order valence-electron chi connectivity index (χ1n) is 9.85. The van der Waals surface area contributed by atoms with Gasteiger partial charge in [0.25, 0.3) is 0 Å². The van der Waals surface area contributed by atoms with Crippen molar-refractivity contribution in [1.82, 2.24) is 20.1 Å². The third-order valence-corrected chi connectivity index (χ3v) is 5.65. The largest absolute Gasteiger partial charge is 0.361 e. The molecule has 1 atom stereocenters. The van der Waals surface area contributed by atoms with Crippen molar-refractivity contribution in [3.05, 3.63) is 35.5 Å². The van der Waals surface area contributed by atoms with Gasteiger partial charge in [-0.2, -0.15) is 0 Å². The lowest BCUT2D eigenvalue weighted by Gasteiger charge is -2.29.